The van der Waals surface area contributed by atoms with Gasteiger partial charge in [0.15, 0.2) is 0 Å². The molecular weight excluding hydrogens is 385 g/mol. The average Bonchev–Trinajstić information content (AvgIpc) is 2.39. The smallest absolute Gasteiger partial charge is 0.410 e. The number of carbonyl (C=O) groups excluding carboxylic acids is 1. The van der Waals surface area contributed by atoms with Crippen molar-refractivity contribution in [2.75, 3.05) is 37.8 Å². The average molecular weight is 415 g/mol. The van der Waals surface area contributed by atoms with Crippen LogP contribution in [-0.4, -0.2) is 60.0 Å². The molecule has 0 spiro atoms. The van der Waals surface area contributed by atoms with Crippen molar-refractivity contribution < 1.29 is 19.0 Å². The van der Waals surface area contributed by atoms with E-state index in [2.05, 4.69) is 22.6 Å². The Bertz CT molecular complexity index is 307. The summed E-state index contributed by atoms with van der Waals surface area (Å²) in [6.45, 7) is 12.0. The lowest BCUT2D eigenvalue weighted by Gasteiger charge is -2.35. The molecule has 21 heavy (non-hydrogen) atoms. The molecule has 0 aromatic heterocycles. The number of methoxy groups -OCH3 is 1. The molecule has 5 nitrogen and oxygen atoms in total. The van der Waals surface area contributed by atoms with E-state index < -0.39 is 5.60 Å². The highest BCUT2D eigenvalue weighted by atomic mass is 127. The third-order valence-electron chi connectivity index (χ3n) is 2.78. The molecule has 0 aromatic rings. The molecule has 1 amide bonds. The van der Waals surface area contributed by atoms with Crippen molar-refractivity contribution in [2.24, 2.45) is 0 Å². The van der Waals surface area contributed by atoms with E-state index in [1.54, 1.807) is 12.0 Å². The van der Waals surface area contributed by atoms with Crippen molar-refractivity contribution in [1.82, 2.24) is 4.90 Å². The zero-order valence-corrected chi connectivity index (χ0v) is 16.4. The molecule has 0 heterocycles. The van der Waals surface area contributed by atoms with Gasteiger partial charge in [0.2, 0.25) is 0 Å². The molecule has 0 aliphatic rings. The van der Waals surface area contributed by atoms with Crippen molar-refractivity contribution in [1.29, 1.82) is 0 Å². The minimum Gasteiger partial charge on any atom is -0.444 e. The molecule has 0 saturated heterocycles. The molecule has 0 radical (unpaired) electrons. The minimum absolute atomic E-state index is 0.290. The van der Waals surface area contributed by atoms with Gasteiger partial charge in [-0.25, -0.2) is 4.79 Å². The molecule has 0 aliphatic heterocycles. The molecule has 0 aromatic carbocycles. The lowest BCUT2D eigenvalue weighted by atomic mass is 10.1. The van der Waals surface area contributed by atoms with Gasteiger partial charge < -0.3 is 19.1 Å². The first kappa shape index (κ1) is 20.9. The third-order valence-corrected chi connectivity index (χ3v) is 4.40. The van der Waals surface area contributed by atoms with Gasteiger partial charge in [-0.3, -0.25) is 0 Å². The zero-order chi connectivity index (χ0) is 16.5. The third kappa shape index (κ3) is 9.52. The van der Waals surface area contributed by atoms with E-state index in [-0.39, 0.29) is 11.7 Å². The number of rotatable bonds is 9. The van der Waals surface area contributed by atoms with Crippen molar-refractivity contribution in [3.8, 4) is 0 Å². The Morgan fingerprint density at radius 2 is 1.81 bits per heavy atom. The van der Waals surface area contributed by atoms with Gasteiger partial charge in [-0.05, 0) is 41.0 Å². The Balaban J connectivity index is 4.55. The van der Waals surface area contributed by atoms with E-state index in [4.69, 9.17) is 14.2 Å². The van der Waals surface area contributed by atoms with Gasteiger partial charge in [0.05, 0.1) is 12.1 Å². The van der Waals surface area contributed by atoms with Crippen LogP contribution in [0, 0.1) is 0 Å². The van der Waals surface area contributed by atoms with Gasteiger partial charge in [0.1, 0.15) is 5.60 Å². The fourth-order valence-electron chi connectivity index (χ4n) is 1.68. The first-order valence-electron chi connectivity index (χ1n) is 7.34. The maximum atomic E-state index is 12.2. The Kier molecular flexibility index (Phi) is 9.80. The van der Waals surface area contributed by atoms with Gasteiger partial charge in [-0.15, -0.1) is 0 Å². The van der Waals surface area contributed by atoms with E-state index in [0.717, 1.165) is 10.8 Å². The highest BCUT2D eigenvalue weighted by Gasteiger charge is 2.30. The second-order valence-corrected chi connectivity index (χ2v) is 7.04. The van der Waals surface area contributed by atoms with Crippen molar-refractivity contribution >= 4 is 28.7 Å². The zero-order valence-electron chi connectivity index (χ0n) is 14.2. The fraction of sp³-hybridized carbons (Fsp3) is 0.933. The molecule has 6 heteroatoms. The highest BCUT2D eigenvalue weighted by Crippen LogP contribution is 2.19. The van der Waals surface area contributed by atoms with Crippen molar-refractivity contribution in [2.45, 2.75) is 52.2 Å². The van der Waals surface area contributed by atoms with E-state index in [1.165, 1.54) is 0 Å². The summed E-state index contributed by atoms with van der Waals surface area (Å²) in [5.41, 5.74) is -0.855. The van der Waals surface area contributed by atoms with E-state index in [0.29, 0.717) is 26.3 Å². The largest absolute Gasteiger partial charge is 0.444 e. The van der Waals surface area contributed by atoms with Crippen LogP contribution in [0.2, 0.25) is 0 Å². The van der Waals surface area contributed by atoms with Crippen LogP contribution < -0.4 is 0 Å². The van der Waals surface area contributed by atoms with Crippen LogP contribution >= 0.6 is 22.6 Å². The molecule has 1 atom stereocenters. The van der Waals surface area contributed by atoms with E-state index in [9.17, 15) is 4.79 Å². The molecule has 126 valence electrons. The van der Waals surface area contributed by atoms with E-state index in [1.807, 2.05) is 34.6 Å². The Labute approximate surface area is 142 Å². The summed E-state index contributed by atoms with van der Waals surface area (Å²) >= 11 is 2.29. The number of hydrogen-bond acceptors (Lipinski definition) is 4. The summed E-state index contributed by atoms with van der Waals surface area (Å²) < 4.78 is 17.2. The summed E-state index contributed by atoms with van der Waals surface area (Å²) in [6, 6.07) is 0. The quantitative estimate of drug-likeness (QED) is 0.329. The number of hydrogen-bond donors (Lipinski definition) is 0. The van der Waals surface area contributed by atoms with Crippen LogP contribution in [0.25, 0.3) is 0 Å². The normalized spacial score (nSPS) is 14.6. The second-order valence-electron chi connectivity index (χ2n) is 6.27. The summed E-state index contributed by atoms with van der Waals surface area (Å²) in [5, 5.41) is 0. The SMILES string of the molecule is CCN(CC(C)(CI)OCCCOC)C(=O)OC(C)(C)C. The van der Waals surface area contributed by atoms with Crippen molar-refractivity contribution in [3.63, 3.8) is 0 Å². The molecule has 0 saturated carbocycles. The van der Waals surface area contributed by atoms with Crippen LogP contribution in [-0.2, 0) is 14.2 Å². The first-order chi connectivity index (χ1) is 9.67. The number of alkyl halides is 1. The van der Waals surface area contributed by atoms with Crippen LogP contribution in [0.1, 0.15) is 41.0 Å². The molecule has 0 N–H and O–H groups in total. The number of nitrogens with zero attached hydrogens (tertiary/aromatic N) is 1. The van der Waals surface area contributed by atoms with Gasteiger partial charge in [-0.1, -0.05) is 22.6 Å². The maximum absolute atomic E-state index is 12.2. The molecule has 0 rings (SSSR count). The summed E-state index contributed by atoms with van der Waals surface area (Å²) in [4.78, 5) is 13.9. The summed E-state index contributed by atoms with van der Waals surface area (Å²) in [6.07, 6.45) is 0.558. The number of halogens is 1. The predicted molar refractivity (Wildman–Crippen MR) is 93.2 cm³/mol. The minimum atomic E-state index is -0.482. The highest BCUT2D eigenvalue weighted by molar-refractivity contribution is 14.1. The number of ether oxygens (including phenoxy) is 3. The standard InChI is InChI=1S/C15H30INO4/c1-7-17(13(18)21-14(2,3)4)12-15(5,11-16)20-10-8-9-19-6/h7-12H2,1-6H3. The van der Waals surface area contributed by atoms with Crippen LogP contribution in [0.4, 0.5) is 4.79 Å². The van der Waals surface area contributed by atoms with Crippen molar-refractivity contribution in [3.05, 3.63) is 0 Å². The Morgan fingerprint density at radius 1 is 1.19 bits per heavy atom. The summed E-state index contributed by atoms with van der Waals surface area (Å²) in [5.74, 6) is 0. The fourth-order valence-corrected chi connectivity index (χ4v) is 2.15. The maximum Gasteiger partial charge on any atom is 0.410 e. The monoisotopic (exact) mass is 415 g/mol. The molecule has 0 bridgehead atoms. The second kappa shape index (κ2) is 9.84. The Morgan fingerprint density at radius 3 is 2.24 bits per heavy atom. The molecule has 1 unspecified atom stereocenters. The number of likely N-dealkylation sites (N-methyl/N-ethyl adjacent to an activating group) is 1. The van der Waals surface area contributed by atoms with Gasteiger partial charge >= 0.3 is 6.09 Å². The van der Waals surface area contributed by atoms with Crippen LogP contribution in [0.15, 0.2) is 0 Å². The topological polar surface area (TPSA) is 48.0 Å². The molecular formula is C15H30INO4. The predicted octanol–water partition coefficient (Wildman–Crippen LogP) is 3.49. The van der Waals surface area contributed by atoms with E-state index >= 15 is 0 Å². The number of amides is 1. The lowest BCUT2D eigenvalue weighted by Crippen LogP contribution is -2.48. The van der Waals surface area contributed by atoms with Crippen LogP contribution in [0.3, 0.4) is 0 Å². The Hall–Kier alpha value is -0.0800. The molecule has 0 fully saturated rings. The van der Waals surface area contributed by atoms with Gasteiger partial charge in [-0.2, -0.15) is 0 Å². The van der Waals surface area contributed by atoms with Gasteiger partial charge in [0.25, 0.3) is 0 Å². The van der Waals surface area contributed by atoms with Gasteiger partial charge in [0, 0.05) is 31.3 Å². The summed E-state index contributed by atoms with van der Waals surface area (Å²) in [7, 11) is 1.68. The first-order valence-corrected chi connectivity index (χ1v) is 8.87. The lowest BCUT2D eigenvalue weighted by molar-refractivity contribution is -0.0456. The van der Waals surface area contributed by atoms with Crippen LogP contribution in [0.5, 0.6) is 0 Å². The number of carbonyl (C=O) groups is 1. The molecule has 0 aliphatic carbocycles.